The van der Waals surface area contributed by atoms with Gasteiger partial charge in [0.15, 0.2) is 28.7 Å². The molecule has 0 saturated carbocycles. The van der Waals surface area contributed by atoms with Gasteiger partial charge in [-0.25, -0.2) is 19.9 Å². The molecule has 302 valence electrons. The zero-order valence-corrected chi connectivity index (χ0v) is 29.9. The Hall–Kier alpha value is -7.41. The normalized spacial score (nSPS) is 10.6. The molecule has 0 aliphatic carbocycles. The first kappa shape index (κ1) is 43.3. The van der Waals surface area contributed by atoms with Gasteiger partial charge in [0.2, 0.25) is 11.4 Å². The topological polar surface area (TPSA) is 233 Å². The highest BCUT2D eigenvalue weighted by molar-refractivity contribution is 5.99. The fourth-order valence-electron chi connectivity index (χ4n) is 4.69. The van der Waals surface area contributed by atoms with Crippen LogP contribution < -0.4 is 31.2 Å². The van der Waals surface area contributed by atoms with Gasteiger partial charge in [-0.05, 0) is 42.5 Å². The van der Waals surface area contributed by atoms with E-state index in [-0.39, 0.29) is 82.4 Å². The van der Waals surface area contributed by atoms with Crippen LogP contribution in [-0.2, 0) is 20.0 Å². The number of nitriles is 1. The highest BCUT2D eigenvalue weighted by Crippen LogP contribution is 2.30. The average molecular weight is 813 g/mol. The number of hydrogen-bond donors (Lipinski definition) is 2. The van der Waals surface area contributed by atoms with Gasteiger partial charge in [-0.1, -0.05) is 0 Å². The molecule has 6 aromatic heterocycles. The minimum Gasteiger partial charge on any atom is -0.443 e. The number of ether oxygens (including phenoxy) is 3. The quantitative estimate of drug-likeness (QED) is 0.107. The minimum absolute atomic E-state index is 0.0134. The van der Waals surface area contributed by atoms with E-state index in [1.807, 2.05) is 0 Å². The Morgan fingerprint density at radius 3 is 1.97 bits per heavy atom. The summed E-state index contributed by atoms with van der Waals surface area (Å²) in [6.45, 7) is -8.70. The van der Waals surface area contributed by atoms with Gasteiger partial charge in [0.25, 0.3) is 0 Å². The van der Waals surface area contributed by atoms with E-state index in [0.29, 0.717) is 11.3 Å². The van der Waals surface area contributed by atoms with Crippen molar-refractivity contribution in [3.8, 4) is 46.2 Å². The minimum atomic E-state index is -3.02. The van der Waals surface area contributed by atoms with Gasteiger partial charge < -0.3 is 34.7 Å². The Labute approximate surface area is 323 Å². The van der Waals surface area contributed by atoms with Crippen molar-refractivity contribution < 1.29 is 49.8 Å². The third-order valence-corrected chi connectivity index (χ3v) is 7.18. The molecule has 6 aromatic rings. The summed E-state index contributed by atoms with van der Waals surface area (Å²) in [5.41, 5.74) is 12.2. The Balaban J connectivity index is 0.000000252. The molecule has 0 radical (unpaired) electrons. The molecular formula is C36H30F6N10O6. The summed E-state index contributed by atoms with van der Waals surface area (Å²) in [6.07, 6.45) is 8.39. The summed E-state index contributed by atoms with van der Waals surface area (Å²) in [7, 11) is 1.57. The van der Waals surface area contributed by atoms with Crippen molar-refractivity contribution in [1.29, 1.82) is 5.26 Å². The van der Waals surface area contributed by atoms with Gasteiger partial charge in [0, 0.05) is 62.9 Å². The number of carbonyl (C=O) groups excluding carboxylic acids is 1. The van der Waals surface area contributed by atoms with Crippen LogP contribution >= 0.6 is 0 Å². The van der Waals surface area contributed by atoms with Crippen LogP contribution in [0.5, 0.6) is 17.2 Å². The predicted octanol–water partition coefficient (Wildman–Crippen LogP) is 5.59. The zero-order valence-electron chi connectivity index (χ0n) is 29.9. The molecule has 0 unspecified atom stereocenters. The van der Waals surface area contributed by atoms with Crippen LogP contribution in [-0.4, -0.2) is 60.1 Å². The second-order valence-electron chi connectivity index (χ2n) is 11.0. The highest BCUT2D eigenvalue weighted by atomic mass is 19.3. The lowest BCUT2D eigenvalue weighted by Crippen LogP contribution is -2.16. The van der Waals surface area contributed by atoms with E-state index >= 15 is 0 Å². The number of aryl methyl sites for hydroxylation is 2. The molecule has 0 amide bonds. The van der Waals surface area contributed by atoms with Gasteiger partial charge in [0.1, 0.15) is 35.2 Å². The maximum atomic E-state index is 13.0. The molecule has 0 fully saturated rings. The third kappa shape index (κ3) is 12.3. The van der Waals surface area contributed by atoms with Crippen LogP contribution in [0.15, 0.2) is 95.0 Å². The number of carbonyl (C=O) groups is 1. The van der Waals surface area contributed by atoms with Crippen LogP contribution in [0.3, 0.4) is 0 Å². The second kappa shape index (κ2) is 21.0. The highest BCUT2D eigenvalue weighted by Gasteiger charge is 2.23. The van der Waals surface area contributed by atoms with E-state index in [0.717, 1.165) is 0 Å². The van der Waals surface area contributed by atoms with Crippen molar-refractivity contribution in [2.24, 2.45) is 12.8 Å². The lowest BCUT2D eigenvalue weighted by Gasteiger charge is -2.12. The van der Waals surface area contributed by atoms with Crippen molar-refractivity contribution >= 4 is 11.6 Å². The Morgan fingerprint density at radius 1 is 0.810 bits per heavy atom. The van der Waals surface area contributed by atoms with E-state index in [4.69, 9.17) is 21.1 Å². The Kier molecular flexibility index (Phi) is 15.7. The van der Waals surface area contributed by atoms with E-state index in [2.05, 4.69) is 44.1 Å². The molecule has 0 saturated heterocycles. The monoisotopic (exact) mass is 812 g/mol. The largest absolute Gasteiger partial charge is 0.443 e. The SMILES string of the molecule is Cn1cc(-c2nc(C(=O)CCc3ncccc3OC(F)F)c(N)nc2-c2ncco2)ccc1=O.N#Cc1ncccc1OC(F)F.NCc1ncccc1OC(F)F. The summed E-state index contributed by atoms with van der Waals surface area (Å²) < 4.78 is 91.5. The number of oxazole rings is 1. The molecule has 58 heavy (non-hydrogen) atoms. The zero-order chi connectivity index (χ0) is 42.2. The van der Waals surface area contributed by atoms with E-state index in [1.165, 1.54) is 90.3 Å². The van der Waals surface area contributed by atoms with Crippen LogP contribution in [0.4, 0.5) is 32.2 Å². The van der Waals surface area contributed by atoms with Gasteiger partial charge in [0.05, 0.1) is 17.6 Å². The summed E-state index contributed by atoms with van der Waals surface area (Å²) in [6, 6.07) is 12.9. The predicted molar refractivity (Wildman–Crippen MR) is 190 cm³/mol. The maximum absolute atomic E-state index is 13.0. The number of ketones is 1. The molecule has 0 aliphatic heterocycles. The van der Waals surface area contributed by atoms with Crippen LogP contribution in [0.25, 0.3) is 22.8 Å². The molecular weight excluding hydrogens is 782 g/mol. The Bertz CT molecular complexity index is 2380. The van der Waals surface area contributed by atoms with E-state index in [9.17, 15) is 35.9 Å². The van der Waals surface area contributed by atoms with Crippen LogP contribution in [0.1, 0.15) is 34.0 Å². The van der Waals surface area contributed by atoms with Crippen LogP contribution in [0, 0.1) is 11.3 Å². The van der Waals surface area contributed by atoms with Gasteiger partial charge in [-0.2, -0.15) is 31.6 Å². The number of nitrogens with two attached hydrogens (primary N) is 2. The number of rotatable bonds is 13. The molecule has 6 heterocycles. The fourth-order valence-corrected chi connectivity index (χ4v) is 4.69. The molecule has 22 heteroatoms. The Morgan fingerprint density at radius 2 is 1.40 bits per heavy atom. The molecule has 4 N–H and O–H groups in total. The first-order chi connectivity index (χ1) is 27.8. The summed E-state index contributed by atoms with van der Waals surface area (Å²) in [5, 5.41) is 8.39. The average Bonchev–Trinajstić information content (AvgIpc) is 3.74. The number of Topliss-reactive ketones (excluding diaryl/α,β-unsaturated/α-hetero) is 1. The molecule has 16 nitrogen and oxygen atoms in total. The van der Waals surface area contributed by atoms with E-state index in [1.54, 1.807) is 13.1 Å². The van der Waals surface area contributed by atoms with Crippen molar-refractivity contribution in [1.82, 2.24) is 34.5 Å². The molecule has 0 bridgehead atoms. The second-order valence-corrected chi connectivity index (χ2v) is 11.0. The first-order valence-electron chi connectivity index (χ1n) is 16.4. The third-order valence-electron chi connectivity index (χ3n) is 7.18. The lowest BCUT2D eigenvalue weighted by atomic mass is 10.1. The molecule has 0 spiro atoms. The first-order valence-corrected chi connectivity index (χ1v) is 16.4. The number of anilines is 1. The van der Waals surface area contributed by atoms with Crippen molar-refractivity contribution in [3.05, 3.63) is 119 Å². The lowest BCUT2D eigenvalue weighted by molar-refractivity contribution is -0.0513. The summed E-state index contributed by atoms with van der Waals surface area (Å²) in [4.78, 5) is 48.9. The van der Waals surface area contributed by atoms with Crippen LogP contribution in [0.2, 0.25) is 0 Å². The standard InChI is InChI=1S/C22H18F2N6O4.C7H8F2N2O.C7H4F2N2O/c1-30-11-12(4-7-16(30)32)17-19(21-27-9-10-33-21)29-20(25)18(28-17)14(31)6-5-13-15(34-22(23)24)3-2-8-26-13;2*8-7(9)12-6-2-1-3-11-5(6)4-10/h2-4,7-11,22H,5-6H2,1H3,(H2,25,29);1-3,7H,4,10H2;1-3,7H. The number of alkyl halides is 6. The molecule has 0 aliphatic rings. The fraction of sp³-hybridized carbons (Fsp3) is 0.194. The number of halogens is 6. The van der Waals surface area contributed by atoms with Crippen molar-refractivity contribution in [2.75, 3.05) is 5.73 Å². The maximum Gasteiger partial charge on any atom is 0.387 e. The van der Waals surface area contributed by atoms with Gasteiger partial charge in [-0.15, -0.1) is 0 Å². The molecule has 0 atom stereocenters. The summed E-state index contributed by atoms with van der Waals surface area (Å²) >= 11 is 0. The van der Waals surface area contributed by atoms with Gasteiger partial charge >= 0.3 is 19.8 Å². The summed E-state index contributed by atoms with van der Waals surface area (Å²) in [5.74, 6) is -0.788. The molecule has 0 aromatic carbocycles. The number of aromatic nitrogens is 7. The molecule has 6 rings (SSSR count). The van der Waals surface area contributed by atoms with Gasteiger partial charge in [-0.3, -0.25) is 19.6 Å². The number of hydrogen-bond acceptors (Lipinski definition) is 15. The van der Waals surface area contributed by atoms with Crippen molar-refractivity contribution in [3.63, 3.8) is 0 Å². The van der Waals surface area contributed by atoms with Crippen molar-refractivity contribution in [2.45, 2.75) is 39.2 Å². The number of nitrogen functional groups attached to an aromatic ring is 1. The van der Waals surface area contributed by atoms with E-state index < -0.39 is 25.6 Å². The number of nitrogens with zero attached hydrogens (tertiary/aromatic N) is 8. The smallest absolute Gasteiger partial charge is 0.387 e. The number of pyridine rings is 4.